The van der Waals surface area contributed by atoms with Gasteiger partial charge in [0.15, 0.2) is 5.13 Å². The van der Waals surface area contributed by atoms with Crippen molar-refractivity contribution < 1.29 is 4.79 Å². The fraction of sp³-hybridized carbons (Fsp3) is 0. The maximum Gasteiger partial charge on any atom is 0.257 e. The van der Waals surface area contributed by atoms with Crippen molar-refractivity contribution in [2.24, 2.45) is 0 Å². The Morgan fingerprint density at radius 1 is 1.22 bits per heavy atom. The van der Waals surface area contributed by atoms with E-state index in [0.717, 1.165) is 15.7 Å². The molecule has 0 aliphatic heterocycles. The molecule has 0 spiro atoms. The van der Waals surface area contributed by atoms with Crippen LogP contribution in [0.1, 0.15) is 15.9 Å². The van der Waals surface area contributed by atoms with Gasteiger partial charge in [0.05, 0.1) is 17.3 Å². The van der Waals surface area contributed by atoms with Crippen LogP contribution >= 0.6 is 27.3 Å². The van der Waals surface area contributed by atoms with Crippen molar-refractivity contribution in [1.29, 1.82) is 5.26 Å². The Hall–Kier alpha value is -2.49. The molecule has 1 heterocycles. The van der Waals surface area contributed by atoms with Gasteiger partial charge in [0.25, 0.3) is 5.91 Å². The minimum absolute atomic E-state index is 0.246. The van der Waals surface area contributed by atoms with Gasteiger partial charge in [-0.25, -0.2) is 4.98 Å². The third-order valence-electron chi connectivity index (χ3n) is 3.12. The van der Waals surface area contributed by atoms with Gasteiger partial charge in [-0.15, -0.1) is 11.3 Å². The van der Waals surface area contributed by atoms with Gasteiger partial charge in [-0.05, 0) is 36.4 Å². The third kappa shape index (κ3) is 3.65. The summed E-state index contributed by atoms with van der Waals surface area (Å²) in [5, 5.41) is 14.0. The van der Waals surface area contributed by atoms with Crippen LogP contribution in [0.4, 0.5) is 5.13 Å². The van der Waals surface area contributed by atoms with Gasteiger partial charge in [-0.3, -0.25) is 10.1 Å². The summed E-state index contributed by atoms with van der Waals surface area (Å²) in [5.41, 5.74) is 2.80. The number of amides is 1. The maximum atomic E-state index is 12.2. The molecule has 0 bridgehead atoms. The van der Waals surface area contributed by atoms with E-state index in [9.17, 15) is 4.79 Å². The first-order valence-electron chi connectivity index (χ1n) is 6.69. The molecule has 0 atom stereocenters. The SMILES string of the molecule is N#Cc1ccc(C(=O)Nc2nc(-c3cccc(Br)c3)cs2)cc1. The molecule has 0 aliphatic rings. The van der Waals surface area contributed by atoms with Gasteiger partial charge in [-0.2, -0.15) is 5.26 Å². The monoisotopic (exact) mass is 383 g/mol. The van der Waals surface area contributed by atoms with E-state index in [-0.39, 0.29) is 5.91 Å². The number of thiazole rings is 1. The number of carbonyl (C=O) groups is 1. The van der Waals surface area contributed by atoms with Crippen LogP contribution in [0, 0.1) is 11.3 Å². The molecule has 3 aromatic rings. The Balaban J connectivity index is 1.76. The van der Waals surface area contributed by atoms with E-state index < -0.39 is 0 Å². The van der Waals surface area contributed by atoms with Crippen LogP contribution in [0.2, 0.25) is 0 Å². The highest BCUT2D eigenvalue weighted by molar-refractivity contribution is 9.10. The molecular weight excluding hydrogens is 374 g/mol. The van der Waals surface area contributed by atoms with Crippen molar-refractivity contribution in [2.45, 2.75) is 0 Å². The molecule has 1 N–H and O–H groups in total. The molecule has 0 unspecified atom stereocenters. The highest BCUT2D eigenvalue weighted by Gasteiger charge is 2.10. The fourth-order valence-corrected chi connectivity index (χ4v) is 3.09. The van der Waals surface area contributed by atoms with Crippen LogP contribution in [-0.2, 0) is 0 Å². The van der Waals surface area contributed by atoms with E-state index in [4.69, 9.17) is 5.26 Å². The number of rotatable bonds is 3. The third-order valence-corrected chi connectivity index (χ3v) is 4.37. The van der Waals surface area contributed by atoms with E-state index in [1.54, 1.807) is 24.3 Å². The summed E-state index contributed by atoms with van der Waals surface area (Å²) >= 11 is 4.80. The van der Waals surface area contributed by atoms with Gasteiger partial charge in [0.2, 0.25) is 0 Å². The van der Waals surface area contributed by atoms with E-state index in [1.807, 2.05) is 35.7 Å². The lowest BCUT2D eigenvalue weighted by atomic mass is 10.1. The molecule has 2 aromatic carbocycles. The van der Waals surface area contributed by atoms with Crippen molar-refractivity contribution in [3.05, 3.63) is 69.5 Å². The molecule has 23 heavy (non-hydrogen) atoms. The van der Waals surface area contributed by atoms with Crippen LogP contribution in [0.5, 0.6) is 0 Å². The molecule has 0 saturated heterocycles. The number of benzene rings is 2. The summed E-state index contributed by atoms with van der Waals surface area (Å²) in [7, 11) is 0. The molecule has 0 aliphatic carbocycles. The van der Waals surface area contributed by atoms with Crippen molar-refractivity contribution in [3.8, 4) is 17.3 Å². The summed E-state index contributed by atoms with van der Waals surface area (Å²) in [4.78, 5) is 16.6. The van der Waals surface area contributed by atoms with Gasteiger partial charge < -0.3 is 0 Å². The lowest BCUT2D eigenvalue weighted by Crippen LogP contribution is -2.11. The first kappa shape index (κ1) is 15.4. The second-order valence-corrected chi connectivity index (χ2v) is 6.47. The number of hydrogen-bond donors (Lipinski definition) is 1. The quantitative estimate of drug-likeness (QED) is 0.712. The second-order valence-electron chi connectivity index (χ2n) is 4.69. The van der Waals surface area contributed by atoms with Gasteiger partial charge in [0, 0.05) is 21.0 Å². The van der Waals surface area contributed by atoms with Crippen molar-refractivity contribution >= 4 is 38.3 Å². The van der Waals surface area contributed by atoms with Crippen molar-refractivity contribution in [3.63, 3.8) is 0 Å². The maximum absolute atomic E-state index is 12.2. The first-order valence-corrected chi connectivity index (χ1v) is 8.36. The Morgan fingerprint density at radius 2 is 2.00 bits per heavy atom. The zero-order valence-electron chi connectivity index (χ0n) is 11.8. The first-order chi connectivity index (χ1) is 11.2. The average Bonchev–Trinajstić information content (AvgIpc) is 3.03. The van der Waals surface area contributed by atoms with Gasteiger partial charge >= 0.3 is 0 Å². The number of aromatic nitrogens is 1. The van der Waals surface area contributed by atoms with Crippen molar-refractivity contribution in [2.75, 3.05) is 5.32 Å². The number of nitrogens with one attached hydrogen (secondary N) is 1. The molecule has 112 valence electrons. The topological polar surface area (TPSA) is 65.8 Å². The van der Waals surface area contributed by atoms with Crippen LogP contribution in [-0.4, -0.2) is 10.9 Å². The molecule has 1 amide bonds. The number of hydrogen-bond acceptors (Lipinski definition) is 4. The molecular formula is C17H10BrN3OS. The smallest absolute Gasteiger partial charge is 0.257 e. The standard InChI is InChI=1S/C17H10BrN3OS/c18-14-3-1-2-13(8-14)15-10-23-17(20-15)21-16(22)12-6-4-11(9-19)5-7-12/h1-8,10H,(H,20,21,22). The summed E-state index contributed by atoms with van der Waals surface area (Å²) in [6.07, 6.45) is 0. The zero-order chi connectivity index (χ0) is 16.2. The predicted molar refractivity (Wildman–Crippen MR) is 94.4 cm³/mol. The van der Waals surface area contributed by atoms with E-state index in [2.05, 4.69) is 26.2 Å². The van der Waals surface area contributed by atoms with Crippen molar-refractivity contribution in [1.82, 2.24) is 4.98 Å². The minimum atomic E-state index is -0.246. The van der Waals surface area contributed by atoms with E-state index in [0.29, 0.717) is 16.3 Å². The summed E-state index contributed by atoms with van der Waals surface area (Å²) in [5.74, 6) is -0.246. The Labute approximate surface area is 145 Å². The van der Waals surface area contributed by atoms with Crippen LogP contribution in [0.3, 0.4) is 0 Å². The molecule has 4 nitrogen and oxygen atoms in total. The number of anilines is 1. The number of nitriles is 1. The highest BCUT2D eigenvalue weighted by Crippen LogP contribution is 2.27. The number of halogens is 1. The normalized spacial score (nSPS) is 10.1. The Bertz CT molecular complexity index is 897. The molecule has 1 aromatic heterocycles. The molecule has 0 radical (unpaired) electrons. The molecule has 0 saturated carbocycles. The molecule has 6 heteroatoms. The number of nitrogens with zero attached hydrogens (tertiary/aromatic N) is 2. The van der Waals surface area contributed by atoms with Crippen LogP contribution in [0.25, 0.3) is 11.3 Å². The lowest BCUT2D eigenvalue weighted by molar-refractivity contribution is 0.102. The van der Waals surface area contributed by atoms with E-state index in [1.165, 1.54) is 11.3 Å². The summed E-state index contributed by atoms with van der Waals surface area (Å²) < 4.78 is 0.978. The van der Waals surface area contributed by atoms with Crippen LogP contribution < -0.4 is 5.32 Å². The fourth-order valence-electron chi connectivity index (χ4n) is 1.98. The summed E-state index contributed by atoms with van der Waals surface area (Å²) in [6.45, 7) is 0. The largest absolute Gasteiger partial charge is 0.298 e. The van der Waals surface area contributed by atoms with Gasteiger partial charge in [-0.1, -0.05) is 28.1 Å². The minimum Gasteiger partial charge on any atom is -0.298 e. The lowest BCUT2D eigenvalue weighted by Gasteiger charge is -2.01. The second kappa shape index (κ2) is 6.73. The Kier molecular flexibility index (Phi) is 4.51. The zero-order valence-corrected chi connectivity index (χ0v) is 14.2. The van der Waals surface area contributed by atoms with E-state index >= 15 is 0 Å². The molecule has 3 rings (SSSR count). The highest BCUT2D eigenvalue weighted by atomic mass is 79.9. The average molecular weight is 384 g/mol. The summed E-state index contributed by atoms with van der Waals surface area (Å²) in [6, 6.07) is 16.3. The van der Waals surface area contributed by atoms with Crippen LogP contribution in [0.15, 0.2) is 58.4 Å². The predicted octanol–water partition coefficient (Wildman–Crippen LogP) is 4.70. The van der Waals surface area contributed by atoms with Gasteiger partial charge in [0.1, 0.15) is 0 Å². The Morgan fingerprint density at radius 3 is 2.70 bits per heavy atom. The molecule has 0 fully saturated rings. The number of carbonyl (C=O) groups excluding carboxylic acids is 1.